The Bertz CT molecular complexity index is 454. The molecule has 0 aliphatic heterocycles. The highest BCUT2D eigenvalue weighted by molar-refractivity contribution is 5.84. The predicted molar refractivity (Wildman–Crippen MR) is 69.3 cm³/mol. The van der Waals surface area contributed by atoms with E-state index in [1.165, 1.54) is 0 Å². The highest BCUT2D eigenvalue weighted by Gasteiger charge is 2.23. The van der Waals surface area contributed by atoms with Crippen molar-refractivity contribution in [2.24, 2.45) is 0 Å². The van der Waals surface area contributed by atoms with Gasteiger partial charge in [-0.2, -0.15) is 0 Å². The van der Waals surface area contributed by atoms with E-state index in [1.807, 2.05) is 26.8 Å². The second-order valence-corrected chi connectivity index (χ2v) is 4.38. The molecule has 0 bridgehead atoms. The molecule has 1 aromatic carbocycles. The Hall–Kier alpha value is -1.84. The zero-order valence-electron chi connectivity index (χ0n) is 11.0. The van der Waals surface area contributed by atoms with Crippen LogP contribution in [0, 0.1) is 13.8 Å². The van der Waals surface area contributed by atoms with Crippen molar-refractivity contribution >= 4 is 11.9 Å². The average molecular weight is 249 g/mol. The van der Waals surface area contributed by atoms with Crippen LogP contribution in [0.15, 0.2) is 18.2 Å². The summed E-state index contributed by atoms with van der Waals surface area (Å²) in [7, 11) is 0. The topological polar surface area (TPSA) is 66.4 Å². The summed E-state index contributed by atoms with van der Waals surface area (Å²) in [6, 6.07) is 4.50. The molecule has 0 heterocycles. The van der Waals surface area contributed by atoms with Gasteiger partial charge >= 0.3 is 5.97 Å². The van der Waals surface area contributed by atoms with Crippen LogP contribution in [0.5, 0.6) is 0 Å². The predicted octanol–water partition coefficient (Wildman–Crippen LogP) is 2.35. The average Bonchev–Trinajstić information content (AvgIpc) is 2.30. The van der Waals surface area contributed by atoms with Crippen LogP contribution in [0.4, 0.5) is 0 Å². The number of hydrogen-bond acceptors (Lipinski definition) is 2. The van der Waals surface area contributed by atoms with Gasteiger partial charge in [0.05, 0.1) is 0 Å². The molecule has 0 aliphatic carbocycles. The monoisotopic (exact) mass is 249 g/mol. The summed E-state index contributed by atoms with van der Waals surface area (Å²) < 4.78 is 0. The molecule has 0 spiro atoms. The molecule has 1 amide bonds. The number of hydrogen-bond donors (Lipinski definition) is 2. The third-order valence-corrected chi connectivity index (χ3v) is 2.99. The molecule has 1 atom stereocenters. The summed E-state index contributed by atoms with van der Waals surface area (Å²) >= 11 is 0. The second-order valence-electron chi connectivity index (χ2n) is 4.38. The summed E-state index contributed by atoms with van der Waals surface area (Å²) in [5.41, 5.74) is 2.57. The normalized spacial score (nSPS) is 11.9. The molecule has 0 fully saturated rings. The van der Waals surface area contributed by atoms with E-state index in [-0.39, 0.29) is 5.91 Å². The van der Waals surface area contributed by atoms with Crippen LogP contribution in [-0.4, -0.2) is 17.0 Å². The fourth-order valence-corrected chi connectivity index (χ4v) is 1.82. The van der Waals surface area contributed by atoms with Crippen molar-refractivity contribution in [2.45, 2.75) is 39.7 Å². The molecule has 1 aromatic rings. The maximum atomic E-state index is 11.6. The molecule has 0 aromatic heterocycles. The van der Waals surface area contributed by atoms with Crippen molar-refractivity contribution in [1.29, 1.82) is 0 Å². The minimum Gasteiger partial charge on any atom is -0.479 e. The molecule has 4 nitrogen and oxygen atoms in total. The van der Waals surface area contributed by atoms with Crippen molar-refractivity contribution in [3.63, 3.8) is 0 Å². The first-order chi connectivity index (χ1) is 8.47. The van der Waals surface area contributed by atoms with Crippen LogP contribution in [0.2, 0.25) is 0 Å². The molecule has 2 N–H and O–H groups in total. The van der Waals surface area contributed by atoms with Crippen molar-refractivity contribution in [1.82, 2.24) is 5.32 Å². The quantitative estimate of drug-likeness (QED) is 0.841. The maximum Gasteiger partial charge on any atom is 0.330 e. The molecule has 0 saturated heterocycles. The number of aryl methyl sites for hydroxylation is 1. The van der Waals surface area contributed by atoms with Crippen LogP contribution in [0.1, 0.15) is 42.5 Å². The molecule has 0 aliphatic rings. The van der Waals surface area contributed by atoms with Crippen molar-refractivity contribution in [3.05, 3.63) is 34.9 Å². The van der Waals surface area contributed by atoms with Crippen molar-refractivity contribution < 1.29 is 14.7 Å². The summed E-state index contributed by atoms with van der Waals surface area (Å²) in [5.74, 6) is -1.26. The molecular weight excluding hydrogens is 230 g/mol. The Morgan fingerprint density at radius 1 is 1.33 bits per heavy atom. The Morgan fingerprint density at radius 3 is 2.56 bits per heavy atom. The van der Waals surface area contributed by atoms with E-state index in [1.54, 1.807) is 12.1 Å². The number of nitrogens with one attached hydrogen (secondary N) is 1. The Kier molecular flexibility index (Phi) is 4.89. The van der Waals surface area contributed by atoms with E-state index in [9.17, 15) is 14.7 Å². The Morgan fingerprint density at radius 2 is 2.00 bits per heavy atom. The summed E-state index contributed by atoms with van der Waals surface area (Å²) in [6.45, 7) is 5.67. The van der Waals surface area contributed by atoms with E-state index in [0.29, 0.717) is 18.4 Å². The number of carboxylic acid groups (broad SMARTS) is 1. The molecule has 0 radical (unpaired) electrons. The Labute approximate surface area is 107 Å². The van der Waals surface area contributed by atoms with Gasteiger partial charge in [0.15, 0.2) is 6.04 Å². The summed E-state index contributed by atoms with van der Waals surface area (Å²) in [6.07, 6.45) is 1.04. The van der Waals surface area contributed by atoms with Gasteiger partial charge in [0.25, 0.3) is 0 Å². The third kappa shape index (κ3) is 3.32. The SMILES string of the molecule is CCCC(=O)NC(C(=O)O)c1cccc(C)c1C. The van der Waals surface area contributed by atoms with E-state index >= 15 is 0 Å². The first kappa shape index (κ1) is 14.2. The molecule has 0 saturated carbocycles. The van der Waals surface area contributed by atoms with E-state index < -0.39 is 12.0 Å². The summed E-state index contributed by atoms with van der Waals surface area (Å²) in [4.78, 5) is 22.8. The van der Waals surface area contributed by atoms with Gasteiger partial charge in [0.1, 0.15) is 0 Å². The van der Waals surface area contributed by atoms with Gasteiger partial charge in [-0.1, -0.05) is 25.1 Å². The van der Waals surface area contributed by atoms with Gasteiger partial charge in [0, 0.05) is 6.42 Å². The van der Waals surface area contributed by atoms with Gasteiger partial charge < -0.3 is 10.4 Å². The van der Waals surface area contributed by atoms with Crippen LogP contribution >= 0.6 is 0 Å². The standard InChI is InChI=1S/C14H19NO3/c1-4-6-12(16)15-13(14(17)18)11-8-5-7-9(2)10(11)3/h5,7-8,13H,4,6H2,1-3H3,(H,15,16)(H,17,18). The summed E-state index contributed by atoms with van der Waals surface area (Å²) in [5, 5.41) is 11.8. The lowest BCUT2D eigenvalue weighted by Crippen LogP contribution is -2.34. The second kappa shape index (κ2) is 6.19. The van der Waals surface area contributed by atoms with Crippen LogP contribution in [0.3, 0.4) is 0 Å². The largest absolute Gasteiger partial charge is 0.479 e. The number of benzene rings is 1. The lowest BCUT2D eigenvalue weighted by Gasteiger charge is -2.18. The molecule has 1 rings (SSSR count). The maximum absolute atomic E-state index is 11.6. The number of carboxylic acids is 1. The van der Waals surface area contributed by atoms with E-state index in [0.717, 1.165) is 11.1 Å². The van der Waals surface area contributed by atoms with Gasteiger partial charge in [-0.25, -0.2) is 4.79 Å². The minimum absolute atomic E-state index is 0.231. The van der Waals surface area contributed by atoms with Crippen LogP contribution < -0.4 is 5.32 Å². The van der Waals surface area contributed by atoms with Crippen molar-refractivity contribution in [3.8, 4) is 0 Å². The van der Waals surface area contributed by atoms with Crippen LogP contribution in [0.25, 0.3) is 0 Å². The number of rotatable bonds is 5. The smallest absolute Gasteiger partial charge is 0.330 e. The van der Waals surface area contributed by atoms with Gasteiger partial charge in [0.2, 0.25) is 5.91 Å². The van der Waals surface area contributed by atoms with Gasteiger partial charge in [-0.3, -0.25) is 4.79 Å². The molecular formula is C14H19NO3. The Balaban J connectivity index is 3.02. The highest BCUT2D eigenvalue weighted by Crippen LogP contribution is 2.21. The molecule has 1 unspecified atom stereocenters. The first-order valence-corrected chi connectivity index (χ1v) is 6.05. The number of amides is 1. The fourth-order valence-electron chi connectivity index (χ4n) is 1.82. The molecule has 4 heteroatoms. The third-order valence-electron chi connectivity index (χ3n) is 2.99. The zero-order chi connectivity index (χ0) is 13.7. The van der Waals surface area contributed by atoms with E-state index in [2.05, 4.69) is 5.32 Å². The number of aliphatic carboxylic acids is 1. The van der Waals surface area contributed by atoms with Crippen molar-refractivity contribution in [2.75, 3.05) is 0 Å². The van der Waals surface area contributed by atoms with Gasteiger partial charge in [-0.05, 0) is 37.0 Å². The molecule has 98 valence electrons. The zero-order valence-corrected chi connectivity index (χ0v) is 11.0. The lowest BCUT2D eigenvalue weighted by atomic mass is 9.97. The molecule has 18 heavy (non-hydrogen) atoms. The number of carbonyl (C=O) groups is 2. The minimum atomic E-state index is -1.03. The first-order valence-electron chi connectivity index (χ1n) is 6.05. The fraction of sp³-hybridized carbons (Fsp3) is 0.429. The van der Waals surface area contributed by atoms with Gasteiger partial charge in [-0.15, -0.1) is 0 Å². The van der Waals surface area contributed by atoms with E-state index in [4.69, 9.17) is 0 Å². The highest BCUT2D eigenvalue weighted by atomic mass is 16.4. The number of carbonyl (C=O) groups excluding carboxylic acids is 1. The lowest BCUT2D eigenvalue weighted by molar-refractivity contribution is -0.142. The van der Waals surface area contributed by atoms with Crippen LogP contribution in [-0.2, 0) is 9.59 Å².